The lowest BCUT2D eigenvalue weighted by atomic mass is 10.1. The molecule has 0 radical (unpaired) electrons. The van der Waals surface area contributed by atoms with Crippen LogP contribution in [0, 0.1) is 0 Å². The highest BCUT2D eigenvalue weighted by atomic mass is 35.5. The van der Waals surface area contributed by atoms with Crippen LogP contribution in [0.1, 0.15) is 16.1 Å². The van der Waals surface area contributed by atoms with Crippen molar-refractivity contribution in [1.82, 2.24) is 20.3 Å². The van der Waals surface area contributed by atoms with Crippen LogP contribution < -0.4 is 10.1 Å². The monoisotopic (exact) mass is 410 g/mol. The molecule has 0 unspecified atom stereocenters. The highest BCUT2D eigenvalue weighted by molar-refractivity contribution is 6.30. The lowest BCUT2D eigenvalue weighted by Gasteiger charge is -2.11. The Morgan fingerprint density at radius 3 is 2.57 bits per heavy atom. The lowest BCUT2D eigenvalue weighted by Crippen LogP contribution is -2.28. The van der Waals surface area contributed by atoms with Crippen molar-refractivity contribution in [2.45, 2.75) is 6.18 Å². The SMILES string of the molecule is O=C(NCCOc1ccc(Cl)cc1)c1cn(-c2ccccc2C(F)(F)F)nn1. The largest absolute Gasteiger partial charge is 0.492 e. The van der Waals surface area contributed by atoms with Crippen molar-refractivity contribution < 1.29 is 22.7 Å². The first kappa shape index (κ1) is 19.7. The number of hydrogen-bond acceptors (Lipinski definition) is 4. The van der Waals surface area contributed by atoms with Gasteiger partial charge in [-0.15, -0.1) is 5.10 Å². The summed E-state index contributed by atoms with van der Waals surface area (Å²) in [5.74, 6) is 0.0174. The Morgan fingerprint density at radius 2 is 1.86 bits per heavy atom. The molecule has 0 spiro atoms. The number of ether oxygens (including phenoxy) is 1. The van der Waals surface area contributed by atoms with Crippen LogP contribution in [0.2, 0.25) is 5.02 Å². The third-order valence-electron chi connectivity index (χ3n) is 3.65. The van der Waals surface area contributed by atoms with E-state index < -0.39 is 17.6 Å². The van der Waals surface area contributed by atoms with E-state index in [-0.39, 0.29) is 24.5 Å². The fraction of sp³-hybridized carbons (Fsp3) is 0.167. The van der Waals surface area contributed by atoms with Crippen LogP contribution >= 0.6 is 11.6 Å². The molecule has 28 heavy (non-hydrogen) atoms. The number of amides is 1. The van der Waals surface area contributed by atoms with Gasteiger partial charge < -0.3 is 10.1 Å². The van der Waals surface area contributed by atoms with E-state index in [0.29, 0.717) is 10.8 Å². The van der Waals surface area contributed by atoms with Crippen LogP contribution in [0.3, 0.4) is 0 Å². The summed E-state index contributed by atoms with van der Waals surface area (Å²) in [6.07, 6.45) is -3.41. The van der Waals surface area contributed by atoms with Gasteiger partial charge in [0.1, 0.15) is 12.4 Å². The summed E-state index contributed by atoms with van der Waals surface area (Å²) >= 11 is 5.77. The smallest absolute Gasteiger partial charge is 0.418 e. The molecule has 1 amide bonds. The highest BCUT2D eigenvalue weighted by Crippen LogP contribution is 2.33. The average Bonchev–Trinajstić information content (AvgIpc) is 3.16. The number of carbonyl (C=O) groups is 1. The van der Waals surface area contributed by atoms with Gasteiger partial charge in [-0.2, -0.15) is 13.2 Å². The summed E-state index contributed by atoms with van der Waals surface area (Å²) in [7, 11) is 0. The summed E-state index contributed by atoms with van der Waals surface area (Å²) < 4.78 is 45.7. The quantitative estimate of drug-likeness (QED) is 0.628. The number of nitrogens with one attached hydrogen (secondary N) is 1. The molecule has 1 N–H and O–H groups in total. The van der Waals surface area contributed by atoms with Gasteiger partial charge in [-0.25, -0.2) is 4.68 Å². The zero-order valence-electron chi connectivity index (χ0n) is 14.3. The Morgan fingerprint density at radius 1 is 1.14 bits per heavy atom. The molecule has 0 fully saturated rings. The molecule has 3 rings (SSSR count). The third kappa shape index (κ3) is 4.80. The molecule has 0 aliphatic rings. The van der Waals surface area contributed by atoms with Gasteiger partial charge in [-0.1, -0.05) is 28.9 Å². The number of aromatic nitrogens is 3. The number of halogens is 4. The van der Waals surface area contributed by atoms with Crippen LogP contribution in [0.5, 0.6) is 5.75 Å². The zero-order valence-corrected chi connectivity index (χ0v) is 15.0. The predicted molar refractivity (Wildman–Crippen MR) is 95.6 cm³/mol. The normalized spacial score (nSPS) is 11.3. The van der Waals surface area contributed by atoms with Crippen LogP contribution in [0.25, 0.3) is 5.69 Å². The minimum Gasteiger partial charge on any atom is -0.492 e. The van der Waals surface area contributed by atoms with Crippen molar-refractivity contribution in [1.29, 1.82) is 0 Å². The van der Waals surface area contributed by atoms with Crippen LogP contribution in [-0.2, 0) is 6.18 Å². The fourth-order valence-electron chi connectivity index (χ4n) is 2.35. The molecule has 0 saturated carbocycles. The second-order valence-electron chi connectivity index (χ2n) is 5.62. The van der Waals surface area contributed by atoms with E-state index in [1.54, 1.807) is 24.3 Å². The summed E-state index contributed by atoms with van der Waals surface area (Å²) in [4.78, 5) is 12.1. The van der Waals surface area contributed by atoms with E-state index in [4.69, 9.17) is 16.3 Å². The number of benzene rings is 2. The molecule has 146 valence electrons. The maximum absolute atomic E-state index is 13.1. The first-order valence-corrected chi connectivity index (χ1v) is 8.48. The topological polar surface area (TPSA) is 69.0 Å². The number of alkyl halides is 3. The molecule has 0 aliphatic carbocycles. The minimum absolute atomic E-state index is 0.108. The Balaban J connectivity index is 1.59. The van der Waals surface area contributed by atoms with E-state index in [0.717, 1.165) is 16.9 Å². The van der Waals surface area contributed by atoms with Crippen molar-refractivity contribution in [3.63, 3.8) is 0 Å². The Bertz CT molecular complexity index is 958. The molecular formula is C18H14ClF3N4O2. The summed E-state index contributed by atoms with van der Waals surface area (Å²) in [5, 5.41) is 10.4. The van der Waals surface area contributed by atoms with Gasteiger partial charge in [0.15, 0.2) is 5.69 Å². The zero-order chi connectivity index (χ0) is 20.1. The Kier molecular flexibility index (Phi) is 5.84. The van der Waals surface area contributed by atoms with Crippen LogP contribution in [0.4, 0.5) is 13.2 Å². The molecule has 0 saturated heterocycles. The Labute approximate surface area is 162 Å². The van der Waals surface area contributed by atoms with E-state index >= 15 is 0 Å². The van der Waals surface area contributed by atoms with Crippen molar-refractivity contribution in [2.24, 2.45) is 0 Å². The average molecular weight is 411 g/mol. The van der Waals surface area contributed by atoms with Gasteiger partial charge >= 0.3 is 6.18 Å². The molecule has 1 heterocycles. The molecule has 3 aromatic rings. The maximum atomic E-state index is 13.1. The summed E-state index contributed by atoms with van der Waals surface area (Å²) in [5.41, 5.74) is -1.20. The van der Waals surface area contributed by atoms with Crippen molar-refractivity contribution >= 4 is 17.5 Å². The second-order valence-corrected chi connectivity index (χ2v) is 6.06. The Hall–Kier alpha value is -3.07. The summed E-state index contributed by atoms with van der Waals surface area (Å²) in [6.45, 7) is 0.367. The van der Waals surface area contributed by atoms with Crippen LogP contribution in [-0.4, -0.2) is 34.1 Å². The van der Waals surface area contributed by atoms with Gasteiger partial charge in [0.25, 0.3) is 5.91 Å². The van der Waals surface area contributed by atoms with E-state index in [2.05, 4.69) is 15.6 Å². The van der Waals surface area contributed by atoms with E-state index in [9.17, 15) is 18.0 Å². The second kappa shape index (κ2) is 8.30. The predicted octanol–water partition coefficient (Wildman–Crippen LogP) is 3.75. The molecule has 0 aliphatic heterocycles. The molecule has 6 nitrogen and oxygen atoms in total. The lowest BCUT2D eigenvalue weighted by molar-refractivity contribution is -0.137. The first-order valence-electron chi connectivity index (χ1n) is 8.10. The van der Waals surface area contributed by atoms with Crippen molar-refractivity contribution in [2.75, 3.05) is 13.2 Å². The van der Waals surface area contributed by atoms with Gasteiger partial charge in [-0.05, 0) is 36.4 Å². The summed E-state index contributed by atoms with van der Waals surface area (Å²) in [6, 6.07) is 11.6. The number of hydrogen-bond donors (Lipinski definition) is 1. The van der Waals surface area contributed by atoms with Crippen molar-refractivity contribution in [3.8, 4) is 11.4 Å². The molecule has 10 heteroatoms. The number of rotatable bonds is 6. The minimum atomic E-state index is -4.55. The fourth-order valence-corrected chi connectivity index (χ4v) is 2.48. The maximum Gasteiger partial charge on any atom is 0.418 e. The van der Waals surface area contributed by atoms with Gasteiger partial charge in [0.2, 0.25) is 0 Å². The highest BCUT2D eigenvalue weighted by Gasteiger charge is 2.34. The van der Waals surface area contributed by atoms with E-state index in [1.165, 1.54) is 18.2 Å². The molecule has 1 aromatic heterocycles. The molecule has 0 atom stereocenters. The first-order chi connectivity index (χ1) is 13.3. The van der Waals surface area contributed by atoms with Gasteiger partial charge in [0, 0.05) is 5.02 Å². The standard InChI is InChI=1S/C18H14ClF3N4O2/c19-12-5-7-13(8-6-12)28-10-9-23-17(27)15-11-26(25-24-15)16-4-2-1-3-14(16)18(20,21)22/h1-8,11H,9-10H2,(H,23,27). The third-order valence-corrected chi connectivity index (χ3v) is 3.90. The van der Waals surface area contributed by atoms with Gasteiger partial charge in [0.05, 0.1) is 24.0 Å². The molecular weight excluding hydrogens is 397 g/mol. The number of para-hydroxylation sites is 1. The van der Waals surface area contributed by atoms with Crippen LogP contribution in [0.15, 0.2) is 54.7 Å². The van der Waals surface area contributed by atoms with Crippen molar-refractivity contribution in [3.05, 3.63) is 71.0 Å². The molecule has 2 aromatic carbocycles. The number of carbonyl (C=O) groups excluding carboxylic acids is 1. The van der Waals surface area contributed by atoms with Gasteiger partial charge in [-0.3, -0.25) is 4.79 Å². The number of nitrogens with zero attached hydrogens (tertiary/aromatic N) is 3. The molecule has 0 bridgehead atoms. The van der Waals surface area contributed by atoms with E-state index in [1.807, 2.05) is 0 Å².